The molecule has 3 aliphatic heterocycles. The van der Waals surface area contributed by atoms with Gasteiger partial charge in [-0.1, -0.05) is 6.07 Å². The normalized spacial score (nSPS) is 18.4. The van der Waals surface area contributed by atoms with Crippen molar-refractivity contribution in [3.05, 3.63) is 36.2 Å². The predicted molar refractivity (Wildman–Crippen MR) is 147 cm³/mol. The summed E-state index contributed by atoms with van der Waals surface area (Å²) in [5.41, 5.74) is 2.82. The van der Waals surface area contributed by atoms with E-state index in [-0.39, 0.29) is 6.79 Å². The van der Waals surface area contributed by atoms with Crippen molar-refractivity contribution in [1.82, 2.24) is 19.8 Å². The molecule has 1 N–H and O–H groups in total. The quantitative estimate of drug-likeness (QED) is 0.470. The highest BCUT2D eigenvalue weighted by Crippen LogP contribution is 2.44. The molecular weight excluding hydrogens is 482 g/mol. The van der Waals surface area contributed by atoms with Gasteiger partial charge in [0.2, 0.25) is 6.79 Å². The zero-order valence-corrected chi connectivity index (χ0v) is 22.2. The van der Waals surface area contributed by atoms with Crippen LogP contribution >= 0.6 is 0 Å². The molecule has 9 nitrogen and oxygen atoms in total. The average molecular weight is 520 g/mol. The summed E-state index contributed by atoms with van der Waals surface area (Å²) in [6, 6.07) is 8.09. The number of nitrogens with one attached hydrogen (secondary N) is 1. The van der Waals surface area contributed by atoms with Crippen molar-refractivity contribution in [2.75, 3.05) is 58.6 Å². The third kappa shape index (κ3) is 5.59. The van der Waals surface area contributed by atoms with Gasteiger partial charge < -0.3 is 34.1 Å². The molecule has 0 unspecified atom stereocenters. The topological polar surface area (TPSA) is 81.2 Å². The minimum atomic E-state index is 0.213. The van der Waals surface area contributed by atoms with E-state index in [2.05, 4.69) is 38.2 Å². The molecule has 0 spiro atoms. The number of ether oxygens (including phenoxy) is 4. The monoisotopic (exact) mass is 519 g/mol. The Balaban J connectivity index is 1.32. The molecule has 0 saturated carbocycles. The van der Waals surface area contributed by atoms with E-state index in [0.29, 0.717) is 19.0 Å². The Bertz CT molecular complexity index is 1260. The lowest BCUT2D eigenvalue weighted by Crippen LogP contribution is -2.22. The van der Waals surface area contributed by atoms with Gasteiger partial charge in [-0.2, -0.15) is 0 Å². The number of rotatable bonds is 5. The maximum Gasteiger partial charge on any atom is 0.231 e. The molecule has 3 aromatic rings. The molecule has 1 aromatic heterocycles. The van der Waals surface area contributed by atoms with Crippen molar-refractivity contribution in [2.24, 2.45) is 0 Å². The van der Waals surface area contributed by atoms with E-state index in [1.54, 1.807) is 6.33 Å². The number of hydrogen-bond donors (Lipinski definition) is 1. The Morgan fingerprint density at radius 1 is 0.947 bits per heavy atom. The van der Waals surface area contributed by atoms with Crippen LogP contribution < -0.4 is 24.3 Å². The smallest absolute Gasteiger partial charge is 0.231 e. The van der Waals surface area contributed by atoms with Gasteiger partial charge in [0.25, 0.3) is 0 Å². The fraction of sp³-hybridized carbons (Fsp3) is 0.517. The largest absolute Gasteiger partial charge is 0.490 e. The molecule has 0 aliphatic carbocycles. The van der Waals surface area contributed by atoms with E-state index >= 15 is 0 Å². The second-order valence-electron chi connectivity index (χ2n) is 10.4. The molecular formula is C29H37N5O4. The van der Waals surface area contributed by atoms with Crippen LogP contribution in [-0.2, 0) is 6.54 Å². The Hall–Kier alpha value is -3.30. The second kappa shape index (κ2) is 11.6. The Kier molecular flexibility index (Phi) is 7.64. The van der Waals surface area contributed by atoms with Gasteiger partial charge >= 0.3 is 0 Å². The van der Waals surface area contributed by atoms with Gasteiger partial charge in [0.1, 0.15) is 12.1 Å². The molecule has 4 heterocycles. The lowest BCUT2D eigenvalue weighted by Gasteiger charge is -2.20. The summed E-state index contributed by atoms with van der Waals surface area (Å²) in [6.07, 6.45) is 8.40. The van der Waals surface area contributed by atoms with Crippen LogP contribution in [0.1, 0.15) is 44.1 Å². The number of aromatic nitrogens is 2. The number of anilines is 2. The maximum atomic E-state index is 6.30. The third-order valence-corrected chi connectivity index (χ3v) is 7.53. The Labute approximate surface area is 224 Å². The minimum absolute atomic E-state index is 0.213. The first-order valence-corrected chi connectivity index (χ1v) is 13.9. The first-order valence-electron chi connectivity index (χ1n) is 13.9. The van der Waals surface area contributed by atoms with Crippen molar-refractivity contribution in [1.29, 1.82) is 0 Å². The van der Waals surface area contributed by atoms with Crippen molar-refractivity contribution in [2.45, 2.75) is 45.1 Å². The summed E-state index contributed by atoms with van der Waals surface area (Å²) in [5.74, 6) is 3.64. The molecule has 2 aromatic carbocycles. The van der Waals surface area contributed by atoms with E-state index in [1.807, 2.05) is 18.2 Å². The molecule has 202 valence electrons. The van der Waals surface area contributed by atoms with Gasteiger partial charge in [-0.3, -0.25) is 0 Å². The van der Waals surface area contributed by atoms with E-state index in [1.165, 1.54) is 25.9 Å². The molecule has 0 radical (unpaired) electrons. The molecule has 6 rings (SSSR count). The van der Waals surface area contributed by atoms with Crippen LogP contribution in [0, 0.1) is 0 Å². The van der Waals surface area contributed by atoms with Crippen LogP contribution in [0.2, 0.25) is 0 Å². The van der Waals surface area contributed by atoms with Crippen LogP contribution in [0.3, 0.4) is 0 Å². The van der Waals surface area contributed by atoms with Crippen LogP contribution in [0.15, 0.2) is 30.6 Å². The molecule has 1 saturated heterocycles. The fourth-order valence-corrected chi connectivity index (χ4v) is 5.48. The van der Waals surface area contributed by atoms with Crippen LogP contribution in [0.5, 0.6) is 23.0 Å². The van der Waals surface area contributed by atoms with Gasteiger partial charge in [0.05, 0.1) is 24.4 Å². The predicted octanol–water partition coefficient (Wildman–Crippen LogP) is 4.96. The van der Waals surface area contributed by atoms with Gasteiger partial charge in [0.15, 0.2) is 23.0 Å². The van der Waals surface area contributed by atoms with E-state index < -0.39 is 0 Å². The van der Waals surface area contributed by atoms with Gasteiger partial charge in [-0.25, -0.2) is 9.97 Å². The van der Waals surface area contributed by atoms with Crippen molar-refractivity contribution >= 4 is 22.4 Å². The highest BCUT2D eigenvalue weighted by Gasteiger charge is 2.23. The standard InChI is InChI=1S/C29H37N5O4/c1-33-10-3-2-6-14-35-25-16-22-23(17-26(25)36-15-7-13-34-11-4-5-12-34)30-19-31-29(22)32-27-21(18-33)8-9-24-28(27)38-20-37-24/h8-9,16-17,19H,2-7,10-15,18,20H2,1H3,(H,30,31,32). The molecule has 2 bridgehead atoms. The molecule has 38 heavy (non-hydrogen) atoms. The lowest BCUT2D eigenvalue weighted by atomic mass is 10.1. The van der Waals surface area contributed by atoms with Crippen LogP contribution in [0.4, 0.5) is 11.5 Å². The molecule has 0 amide bonds. The summed E-state index contributed by atoms with van der Waals surface area (Å²) in [7, 11) is 2.16. The molecule has 3 aliphatic rings. The fourth-order valence-electron chi connectivity index (χ4n) is 5.48. The first kappa shape index (κ1) is 25.0. The SMILES string of the molecule is CN1CCCCCOc2cc3c(ncnc3cc2OCCCN2CCCC2)Nc2c(ccc3c2OCO3)C1. The van der Waals surface area contributed by atoms with E-state index in [9.17, 15) is 0 Å². The lowest BCUT2D eigenvalue weighted by molar-refractivity contribution is 0.174. The Morgan fingerprint density at radius 2 is 1.84 bits per heavy atom. The molecule has 1 fully saturated rings. The van der Waals surface area contributed by atoms with Gasteiger partial charge in [-0.05, 0) is 82.9 Å². The maximum absolute atomic E-state index is 6.30. The van der Waals surface area contributed by atoms with Crippen LogP contribution in [-0.4, -0.2) is 73.0 Å². The van der Waals surface area contributed by atoms with Crippen molar-refractivity contribution in [3.8, 4) is 23.0 Å². The third-order valence-electron chi connectivity index (χ3n) is 7.53. The second-order valence-corrected chi connectivity index (χ2v) is 10.4. The first-order chi connectivity index (χ1) is 18.7. The van der Waals surface area contributed by atoms with Gasteiger partial charge in [-0.15, -0.1) is 0 Å². The van der Waals surface area contributed by atoms with Crippen LogP contribution in [0.25, 0.3) is 10.9 Å². The van der Waals surface area contributed by atoms with Gasteiger partial charge in [0, 0.05) is 24.5 Å². The molecule has 0 atom stereocenters. The van der Waals surface area contributed by atoms with Crippen molar-refractivity contribution in [3.63, 3.8) is 0 Å². The highest BCUT2D eigenvalue weighted by atomic mass is 16.7. The van der Waals surface area contributed by atoms with Crippen molar-refractivity contribution < 1.29 is 18.9 Å². The average Bonchev–Trinajstić information content (AvgIpc) is 3.62. The number of fused-ring (bicyclic) bond motifs is 4. The molecule has 9 heteroatoms. The summed E-state index contributed by atoms with van der Waals surface area (Å²) < 4.78 is 24.1. The van der Waals surface area contributed by atoms with E-state index in [4.69, 9.17) is 18.9 Å². The summed E-state index contributed by atoms with van der Waals surface area (Å²) >= 11 is 0. The minimum Gasteiger partial charge on any atom is -0.490 e. The zero-order chi connectivity index (χ0) is 25.7. The summed E-state index contributed by atoms with van der Waals surface area (Å²) in [4.78, 5) is 14.0. The van der Waals surface area contributed by atoms with E-state index in [0.717, 1.165) is 90.5 Å². The number of hydrogen-bond acceptors (Lipinski definition) is 9. The number of nitrogens with zero attached hydrogens (tertiary/aromatic N) is 4. The number of benzene rings is 2. The Morgan fingerprint density at radius 3 is 2.76 bits per heavy atom. The summed E-state index contributed by atoms with van der Waals surface area (Å²) in [5, 5.41) is 4.44. The highest BCUT2D eigenvalue weighted by molar-refractivity contribution is 5.94. The number of likely N-dealkylation sites (tertiary alicyclic amines) is 1. The summed E-state index contributed by atoms with van der Waals surface area (Å²) in [6.45, 7) is 6.79. The zero-order valence-electron chi connectivity index (χ0n) is 22.2.